The fourth-order valence-electron chi connectivity index (χ4n) is 1.98. The van der Waals surface area contributed by atoms with Crippen molar-refractivity contribution in [2.75, 3.05) is 0 Å². The molecule has 1 N–H and O–H groups in total. The summed E-state index contributed by atoms with van der Waals surface area (Å²) in [5, 5.41) is 14.9. The van der Waals surface area contributed by atoms with Gasteiger partial charge in [0, 0.05) is 17.6 Å². The van der Waals surface area contributed by atoms with Gasteiger partial charge in [-0.1, -0.05) is 34.8 Å². The molecule has 0 aliphatic carbocycles. The Morgan fingerprint density at radius 1 is 1.21 bits per heavy atom. The maximum atomic E-state index is 13.6. The van der Waals surface area contributed by atoms with E-state index in [0.717, 1.165) is 6.07 Å². The van der Waals surface area contributed by atoms with E-state index in [1.165, 1.54) is 23.9 Å². The van der Waals surface area contributed by atoms with Gasteiger partial charge in [0.2, 0.25) is 0 Å². The van der Waals surface area contributed by atoms with Gasteiger partial charge in [-0.2, -0.15) is 5.10 Å². The zero-order valence-corrected chi connectivity index (χ0v) is 12.4. The second-order valence-electron chi connectivity index (χ2n) is 4.28. The lowest BCUT2D eigenvalue weighted by Gasteiger charge is -2.26. The molecule has 0 fully saturated rings. The lowest BCUT2D eigenvalue weighted by Crippen LogP contribution is -2.27. The Morgan fingerprint density at radius 3 is 2.37 bits per heavy atom. The van der Waals surface area contributed by atoms with Gasteiger partial charge in [0.15, 0.2) is 0 Å². The molecule has 3 nitrogen and oxygen atoms in total. The van der Waals surface area contributed by atoms with Gasteiger partial charge >= 0.3 is 0 Å². The molecule has 1 aromatic carbocycles. The van der Waals surface area contributed by atoms with Gasteiger partial charge in [-0.3, -0.25) is 4.68 Å². The lowest BCUT2D eigenvalue weighted by molar-refractivity contribution is 0.0927. The first-order valence-electron chi connectivity index (χ1n) is 5.30. The van der Waals surface area contributed by atoms with E-state index in [4.69, 9.17) is 34.8 Å². The molecule has 1 aromatic heterocycles. The second-order valence-corrected chi connectivity index (χ2v) is 5.50. The van der Waals surface area contributed by atoms with Crippen molar-refractivity contribution in [3.63, 3.8) is 0 Å². The highest BCUT2D eigenvalue weighted by molar-refractivity contribution is 6.35. The number of aryl methyl sites for hydroxylation is 1. The summed E-state index contributed by atoms with van der Waals surface area (Å²) in [6, 6.07) is 2.33. The summed E-state index contributed by atoms with van der Waals surface area (Å²) in [7, 11) is 1.62. The fourth-order valence-corrected chi connectivity index (χ4v) is 2.90. The van der Waals surface area contributed by atoms with Crippen LogP contribution < -0.4 is 0 Å². The third-order valence-electron chi connectivity index (χ3n) is 2.89. The third kappa shape index (κ3) is 2.46. The molecule has 0 aliphatic heterocycles. The summed E-state index contributed by atoms with van der Waals surface area (Å²) in [4.78, 5) is 0. The van der Waals surface area contributed by atoms with Crippen molar-refractivity contribution in [3.05, 3.63) is 50.5 Å². The molecule has 2 rings (SSSR count). The summed E-state index contributed by atoms with van der Waals surface area (Å²) < 4.78 is 15.0. The number of aliphatic hydroxyl groups is 1. The monoisotopic (exact) mass is 322 g/mol. The van der Waals surface area contributed by atoms with E-state index in [2.05, 4.69) is 5.10 Å². The molecule has 0 aliphatic rings. The molecule has 0 saturated carbocycles. The minimum Gasteiger partial charge on any atom is -0.379 e. The minimum absolute atomic E-state index is 0.111. The van der Waals surface area contributed by atoms with Crippen LogP contribution in [0.5, 0.6) is 0 Å². The van der Waals surface area contributed by atoms with Gasteiger partial charge < -0.3 is 5.11 Å². The van der Waals surface area contributed by atoms with Crippen LogP contribution in [0.2, 0.25) is 15.1 Å². The summed E-state index contributed by atoms with van der Waals surface area (Å²) >= 11 is 17.7. The Kier molecular flexibility index (Phi) is 3.80. The van der Waals surface area contributed by atoms with Crippen molar-refractivity contribution >= 4 is 34.8 Å². The molecule has 0 saturated heterocycles. The predicted octanol–water partition coefficient (Wildman–Crippen LogP) is 3.78. The van der Waals surface area contributed by atoms with E-state index in [0.29, 0.717) is 5.69 Å². The highest BCUT2D eigenvalue weighted by atomic mass is 35.5. The molecule has 0 radical (unpaired) electrons. The summed E-state index contributed by atoms with van der Waals surface area (Å²) in [5.74, 6) is -0.667. The number of hydrogen-bond donors (Lipinski definition) is 1. The number of benzene rings is 1. The van der Waals surface area contributed by atoms with Crippen molar-refractivity contribution in [3.8, 4) is 0 Å². The zero-order valence-electron chi connectivity index (χ0n) is 10.1. The van der Waals surface area contributed by atoms with E-state index >= 15 is 0 Å². The molecule has 0 bridgehead atoms. The molecule has 102 valence electrons. The average molecular weight is 324 g/mol. The van der Waals surface area contributed by atoms with Gasteiger partial charge in [-0.15, -0.1) is 0 Å². The lowest BCUT2D eigenvalue weighted by atomic mass is 9.92. The van der Waals surface area contributed by atoms with Crippen molar-refractivity contribution in [2.24, 2.45) is 7.05 Å². The summed E-state index contributed by atoms with van der Waals surface area (Å²) in [6.07, 6.45) is 1.39. The Hall–Kier alpha value is -0.810. The van der Waals surface area contributed by atoms with Crippen LogP contribution in [0.4, 0.5) is 4.39 Å². The number of hydrogen-bond acceptors (Lipinski definition) is 2. The van der Waals surface area contributed by atoms with Gasteiger partial charge in [0.25, 0.3) is 0 Å². The zero-order chi connectivity index (χ0) is 14.4. The van der Waals surface area contributed by atoms with Crippen LogP contribution in [0.3, 0.4) is 0 Å². The molecule has 7 heteroatoms. The van der Waals surface area contributed by atoms with Crippen LogP contribution in [0, 0.1) is 5.82 Å². The molecule has 0 amide bonds. The SMILES string of the molecule is Cn1ncc(Cl)c1C(C)(O)c1cc(F)c(Cl)cc1Cl. The van der Waals surface area contributed by atoms with Crippen LogP contribution in [0.25, 0.3) is 0 Å². The highest BCUT2D eigenvalue weighted by Gasteiger charge is 2.34. The molecule has 2 aromatic rings. The average Bonchev–Trinajstić information content (AvgIpc) is 2.64. The van der Waals surface area contributed by atoms with Crippen LogP contribution in [0.1, 0.15) is 18.2 Å². The Labute approximate surface area is 124 Å². The number of nitrogens with zero attached hydrogens (tertiary/aromatic N) is 2. The van der Waals surface area contributed by atoms with Crippen LogP contribution >= 0.6 is 34.8 Å². The van der Waals surface area contributed by atoms with Crippen molar-refractivity contribution in [1.29, 1.82) is 0 Å². The number of halogens is 4. The van der Waals surface area contributed by atoms with Gasteiger partial charge in [0.05, 0.1) is 21.9 Å². The molecule has 19 heavy (non-hydrogen) atoms. The van der Waals surface area contributed by atoms with Gasteiger partial charge in [-0.05, 0) is 19.1 Å². The first-order valence-corrected chi connectivity index (χ1v) is 6.44. The van der Waals surface area contributed by atoms with E-state index < -0.39 is 11.4 Å². The smallest absolute Gasteiger partial charge is 0.142 e. The van der Waals surface area contributed by atoms with E-state index in [1.54, 1.807) is 7.05 Å². The molecule has 1 unspecified atom stereocenters. The van der Waals surface area contributed by atoms with Crippen molar-refractivity contribution < 1.29 is 9.50 Å². The maximum Gasteiger partial charge on any atom is 0.142 e. The second kappa shape index (κ2) is 4.94. The Balaban J connectivity index is 2.66. The minimum atomic E-state index is -1.59. The standard InChI is InChI=1S/C12H10Cl3FN2O/c1-12(19,11-9(15)5-17-18(11)2)6-3-10(16)8(14)4-7(6)13/h3-5,19H,1-2H3. The normalized spacial score (nSPS) is 14.5. The predicted molar refractivity (Wildman–Crippen MR) is 73.3 cm³/mol. The number of aromatic nitrogens is 2. The maximum absolute atomic E-state index is 13.6. The van der Waals surface area contributed by atoms with Crippen molar-refractivity contribution in [2.45, 2.75) is 12.5 Å². The molecule has 0 spiro atoms. The first kappa shape index (κ1) is 14.6. The largest absolute Gasteiger partial charge is 0.379 e. The Morgan fingerprint density at radius 2 is 1.84 bits per heavy atom. The Bertz CT molecular complexity index is 621. The van der Waals surface area contributed by atoms with Gasteiger partial charge in [-0.25, -0.2) is 4.39 Å². The quantitative estimate of drug-likeness (QED) is 0.854. The topological polar surface area (TPSA) is 38.0 Å². The molecule has 1 heterocycles. The molecular weight excluding hydrogens is 314 g/mol. The van der Waals surface area contributed by atoms with E-state index in [1.807, 2.05) is 0 Å². The highest BCUT2D eigenvalue weighted by Crippen LogP contribution is 2.38. The molecular formula is C12H10Cl3FN2O. The molecule has 1 atom stereocenters. The van der Waals surface area contributed by atoms with E-state index in [-0.39, 0.29) is 20.6 Å². The van der Waals surface area contributed by atoms with Gasteiger partial charge in [0.1, 0.15) is 11.4 Å². The van der Waals surface area contributed by atoms with E-state index in [9.17, 15) is 9.50 Å². The summed E-state index contributed by atoms with van der Waals surface area (Å²) in [5.41, 5.74) is -1.11. The number of rotatable bonds is 2. The third-order valence-corrected chi connectivity index (χ3v) is 3.77. The van der Waals surface area contributed by atoms with Crippen LogP contribution in [-0.4, -0.2) is 14.9 Å². The first-order chi connectivity index (χ1) is 8.75. The van der Waals surface area contributed by atoms with Crippen LogP contribution in [-0.2, 0) is 12.6 Å². The fraction of sp³-hybridized carbons (Fsp3) is 0.250. The van der Waals surface area contributed by atoms with Crippen molar-refractivity contribution in [1.82, 2.24) is 9.78 Å². The summed E-state index contributed by atoms with van der Waals surface area (Å²) in [6.45, 7) is 1.46. The van der Waals surface area contributed by atoms with Crippen LogP contribution in [0.15, 0.2) is 18.3 Å².